The van der Waals surface area contributed by atoms with Crippen LogP contribution in [0.5, 0.6) is 0 Å². The first-order valence-electron chi connectivity index (χ1n) is 6.88. The van der Waals surface area contributed by atoms with E-state index in [0.717, 1.165) is 18.2 Å². The Morgan fingerprint density at radius 1 is 0.960 bits per heavy atom. The molecular formula is C16H8Cl2F2N2O3. The first kappa shape index (κ1) is 17.3. The van der Waals surface area contributed by atoms with E-state index in [9.17, 15) is 23.2 Å². The van der Waals surface area contributed by atoms with Crippen molar-refractivity contribution < 1.29 is 23.2 Å². The average molecular weight is 385 g/mol. The van der Waals surface area contributed by atoms with E-state index in [1.54, 1.807) is 0 Å². The van der Waals surface area contributed by atoms with Gasteiger partial charge in [-0.05, 0) is 24.3 Å². The third kappa shape index (κ3) is 3.20. The molecule has 25 heavy (non-hydrogen) atoms. The number of rotatable bonds is 3. The molecule has 1 N–H and O–H groups in total. The van der Waals surface area contributed by atoms with Crippen LogP contribution < -0.4 is 5.32 Å². The number of hydrogen-bond acceptors (Lipinski definition) is 3. The van der Waals surface area contributed by atoms with Crippen molar-refractivity contribution in [2.45, 2.75) is 0 Å². The average Bonchev–Trinajstić information content (AvgIpc) is 2.76. The van der Waals surface area contributed by atoms with Crippen LogP contribution >= 0.6 is 23.2 Å². The van der Waals surface area contributed by atoms with Crippen LogP contribution in [-0.2, 0) is 4.79 Å². The number of benzene rings is 2. The number of nitrogens with zero attached hydrogens (tertiary/aromatic N) is 1. The summed E-state index contributed by atoms with van der Waals surface area (Å²) in [5, 5.41) is 2.50. The van der Waals surface area contributed by atoms with Crippen LogP contribution in [0.25, 0.3) is 0 Å². The molecular weight excluding hydrogens is 377 g/mol. The Morgan fingerprint density at radius 2 is 1.52 bits per heavy atom. The monoisotopic (exact) mass is 384 g/mol. The maximum Gasteiger partial charge on any atom is 0.262 e. The van der Waals surface area contributed by atoms with Crippen LogP contribution in [0.3, 0.4) is 0 Å². The highest BCUT2D eigenvalue weighted by atomic mass is 35.5. The Balaban J connectivity index is 1.77. The van der Waals surface area contributed by atoms with Gasteiger partial charge in [0, 0.05) is 11.8 Å². The maximum atomic E-state index is 13.1. The Hall–Kier alpha value is -2.51. The fourth-order valence-electron chi connectivity index (χ4n) is 2.35. The summed E-state index contributed by atoms with van der Waals surface area (Å²) in [5.41, 5.74) is 0.0756. The van der Waals surface area contributed by atoms with Crippen LogP contribution in [0.15, 0.2) is 30.3 Å². The zero-order valence-electron chi connectivity index (χ0n) is 12.3. The summed E-state index contributed by atoms with van der Waals surface area (Å²) in [4.78, 5) is 37.3. The fourth-order valence-corrected chi connectivity index (χ4v) is 2.67. The van der Waals surface area contributed by atoms with Crippen LogP contribution in [0.4, 0.5) is 14.5 Å². The summed E-state index contributed by atoms with van der Waals surface area (Å²) in [7, 11) is 0. The molecule has 0 saturated heterocycles. The molecule has 1 aliphatic heterocycles. The normalized spacial score (nSPS) is 13.2. The number of anilines is 1. The molecule has 128 valence electrons. The molecule has 0 aliphatic carbocycles. The van der Waals surface area contributed by atoms with Gasteiger partial charge in [0.25, 0.3) is 11.8 Å². The Labute approximate surface area is 150 Å². The molecule has 9 heteroatoms. The lowest BCUT2D eigenvalue weighted by Crippen LogP contribution is -2.37. The quantitative estimate of drug-likeness (QED) is 0.823. The van der Waals surface area contributed by atoms with Gasteiger partial charge in [-0.2, -0.15) is 0 Å². The topological polar surface area (TPSA) is 66.5 Å². The molecule has 0 atom stereocenters. The van der Waals surface area contributed by atoms with Gasteiger partial charge in [0.2, 0.25) is 5.91 Å². The van der Waals surface area contributed by atoms with Crippen LogP contribution in [0.1, 0.15) is 20.7 Å². The van der Waals surface area contributed by atoms with Gasteiger partial charge in [-0.1, -0.05) is 23.2 Å². The van der Waals surface area contributed by atoms with Gasteiger partial charge in [-0.3, -0.25) is 19.3 Å². The minimum Gasteiger partial charge on any atom is -0.324 e. The van der Waals surface area contributed by atoms with Gasteiger partial charge in [0.05, 0.1) is 21.2 Å². The number of imide groups is 1. The van der Waals surface area contributed by atoms with Gasteiger partial charge in [0.1, 0.15) is 6.54 Å². The third-order valence-electron chi connectivity index (χ3n) is 3.52. The van der Waals surface area contributed by atoms with Crippen LogP contribution in [0, 0.1) is 11.6 Å². The molecule has 0 bridgehead atoms. The van der Waals surface area contributed by atoms with Crippen LogP contribution in [0.2, 0.25) is 10.0 Å². The SMILES string of the molecule is O=C(CN1C(=O)c2cc(Cl)c(Cl)cc2C1=O)Nc1ccc(F)c(F)c1. The molecule has 0 saturated carbocycles. The molecule has 0 radical (unpaired) electrons. The van der Waals surface area contributed by atoms with Gasteiger partial charge in [-0.15, -0.1) is 0 Å². The number of amides is 3. The van der Waals surface area contributed by atoms with E-state index in [0.29, 0.717) is 4.90 Å². The highest BCUT2D eigenvalue weighted by Crippen LogP contribution is 2.31. The van der Waals surface area contributed by atoms with Crippen molar-refractivity contribution in [1.82, 2.24) is 4.90 Å². The molecule has 2 aromatic rings. The third-order valence-corrected chi connectivity index (χ3v) is 4.24. The lowest BCUT2D eigenvalue weighted by atomic mass is 10.1. The molecule has 1 aliphatic rings. The number of nitrogens with one attached hydrogen (secondary N) is 1. The second-order valence-electron chi connectivity index (χ2n) is 5.19. The second-order valence-corrected chi connectivity index (χ2v) is 6.00. The molecule has 3 amide bonds. The minimum absolute atomic E-state index is 0.00778. The summed E-state index contributed by atoms with van der Waals surface area (Å²) in [6, 6.07) is 5.30. The van der Waals surface area contributed by atoms with E-state index in [1.165, 1.54) is 12.1 Å². The fraction of sp³-hybridized carbons (Fsp3) is 0.0625. The molecule has 0 unspecified atom stereocenters. The zero-order valence-corrected chi connectivity index (χ0v) is 13.8. The summed E-state index contributed by atoms with van der Waals surface area (Å²) in [6.07, 6.45) is 0. The number of halogens is 4. The van der Waals surface area contributed by atoms with E-state index in [4.69, 9.17) is 23.2 Å². The van der Waals surface area contributed by atoms with E-state index < -0.39 is 35.9 Å². The predicted molar refractivity (Wildman–Crippen MR) is 86.8 cm³/mol. The first-order chi connectivity index (χ1) is 11.8. The molecule has 1 heterocycles. The summed E-state index contributed by atoms with van der Waals surface area (Å²) >= 11 is 11.7. The highest BCUT2D eigenvalue weighted by molar-refractivity contribution is 6.43. The second kappa shape index (κ2) is 6.42. The molecule has 5 nitrogen and oxygen atoms in total. The smallest absolute Gasteiger partial charge is 0.262 e. The van der Waals surface area contributed by atoms with Crippen molar-refractivity contribution in [2.24, 2.45) is 0 Å². The van der Waals surface area contributed by atoms with Crippen molar-refractivity contribution in [3.05, 3.63) is 63.1 Å². The number of carbonyl (C=O) groups excluding carboxylic acids is 3. The van der Waals surface area contributed by atoms with Crippen molar-refractivity contribution in [2.75, 3.05) is 11.9 Å². The standard InChI is InChI=1S/C16H8Cl2F2N2O3/c17-10-4-8-9(5-11(10)18)16(25)22(15(8)24)6-14(23)21-7-1-2-12(19)13(20)3-7/h1-5H,6H2,(H,21,23). The molecule has 0 aromatic heterocycles. The largest absolute Gasteiger partial charge is 0.324 e. The first-order valence-corrected chi connectivity index (χ1v) is 7.63. The van der Waals surface area contributed by atoms with Crippen molar-refractivity contribution >= 4 is 46.6 Å². The molecule has 2 aromatic carbocycles. The lowest BCUT2D eigenvalue weighted by molar-refractivity contribution is -0.116. The zero-order chi connectivity index (χ0) is 18.3. The lowest BCUT2D eigenvalue weighted by Gasteiger charge is -2.13. The van der Waals surface area contributed by atoms with Gasteiger partial charge in [0.15, 0.2) is 11.6 Å². The van der Waals surface area contributed by atoms with Crippen molar-refractivity contribution in [1.29, 1.82) is 0 Å². The Morgan fingerprint density at radius 3 is 2.04 bits per heavy atom. The summed E-state index contributed by atoms with van der Waals surface area (Å²) in [5.74, 6) is -4.34. The number of carbonyl (C=O) groups is 3. The van der Waals surface area contributed by atoms with E-state index >= 15 is 0 Å². The number of fused-ring (bicyclic) bond motifs is 1. The summed E-state index contributed by atoms with van der Waals surface area (Å²) < 4.78 is 26.0. The molecule has 0 spiro atoms. The van der Waals surface area contributed by atoms with Crippen LogP contribution in [-0.4, -0.2) is 29.2 Å². The Bertz CT molecular complexity index is 893. The van der Waals surface area contributed by atoms with Gasteiger partial charge >= 0.3 is 0 Å². The maximum absolute atomic E-state index is 13.1. The molecule has 0 fully saturated rings. The minimum atomic E-state index is -1.14. The summed E-state index contributed by atoms with van der Waals surface area (Å²) in [6.45, 7) is -0.597. The highest BCUT2D eigenvalue weighted by Gasteiger charge is 2.37. The van der Waals surface area contributed by atoms with E-state index in [-0.39, 0.29) is 26.9 Å². The Kier molecular flexibility index (Phi) is 4.45. The number of hydrogen-bond donors (Lipinski definition) is 1. The molecule has 3 rings (SSSR count). The van der Waals surface area contributed by atoms with E-state index in [1.807, 2.05) is 0 Å². The predicted octanol–water partition coefficient (Wildman–Crippen LogP) is 3.51. The van der Waals surface area contributed by atoms with Crippen molar-refractivity contribution in [3.8, 4) is 0 Å². The van der Waals surface area contributed by atoms with Gasteiger partial charge in [-0.25, -0.2) is 8.78 Å². The van der Waals surface area contributed by atoms with Crippen molar-refractivity contribution in [3.63, 3.8) is 0 Å². The van der Waals surface area contributed by atoms with E-state index in [2.05, 4.69) is 5.32 Å². The van der Waals surface area contributed by atoms with Gasteiger partial charge < -0.3 is 5.32 Å².